The van der Waals surface area contributed by atoms with Gasteiger partial charge >= 0.3 is 0 Å². The Bertz CT molecular complexity index is 285. The second kappa shape index (κ2) is 4.88. The summed E-state index contributed by atoms with van der Waals surface area (Å²) in [6.45, 7) is 3.38. The van der Waals surface area contributed by atoms with Gasteiger partial charge in [-0.05, 0) is 32.7 Å². The van der Waals surface area contributed by atoms with Crippen molar-refractivity contribution in [2.45, 2.75) is 32.1 Å². The first-order chi connectivity index (χ1) is 7.98. The summed E-state index contributed by atoms with van der Waals surface area (Å²) in [7, 11) is 0. The number of nitrogens with zero attached hydrogens (tertiary/aromatic N) is 1. The Hall–Kier alpha value is -0.710. The van der Waals surface area contributed by atoms with E-state index in [2.05, 4.69) is 5.32 Å². The molecule has 0 aromatic rings. The van der Waals surface area contributed by atoms with Crippen LogP contribution in [0, 0.1) is 11.8 Å². The molecule has 0 aromatic heterocycles. The highest BCUT2D eigenvalue weighted by Crippen LogP contribution is 2.32. The largest absolute Gasteiger partial charge is 0.342 e. The van der Waals surface area contributed by atoms with Crippen LogP contribution in [0.25, 0.3) is 0 Å². The molecule has 0 radical (unpaired) electrons. The summed E-state index contributed by atoms with van der Waals surface area (Å²) in [4.78, 5) is 13.8. The lowest BCUT2D eigenvalue weighted by Gasteiger charge is -2.36. The number of rotatable bonds is 2. The molecule has 2 atom stereocenters. The fraction of sp³-hybridized carbons (Fsp3) is 0.917. The zero-order chi connectivity index (χ0) is 12.5. The fourth-order valence-corrected chi connectivity index (χ4v) is 2.71. The molecule has 17 heavy (non-hydrogen) atoms. The smallest absolute Gasteiger partial charge is 0.249 e. The Kier molecular flexibility index (Phi) is 3.66. The number of carbonyl (C=O) groups excluding carboxylic acids is 1. The van der Waals surface area contributed by atoms with E-state index in [1.807, 2.05) is 0 Å². The predicted octanol–water partition coefficient (Wildman–Crippen LogP) is 1.49. The van der Waals surface area contributed by atoms with E-state index < -0.39 is 11.8 Å². The molecule has 0 saturated carbocycles. The van der Waals surface area contributed by atoms with E-state index in [9.17, 15) is 13.6 Å². The van der Waals surface area contributed by atoms with Crippen LogP contribution in [0.3, 0.4) is 0 Å². The summed E-state index contributed by atoms with van der Waals surface area (Å²) in [5.41, 5.74) is 0. The number of hydrogen-bond donors (Lipinski definition) is 1. The zero-order valence-corrected chi connectivity index (χ0v) is 10.2. The van der Waals surface area contributed by atoms with Crippen molar-refractivity contribution in [2.75, 3.05) is 26.2 Å². The Morgan fingerprint density at radius 2 is 2.18 bits per heavy atom. The minimum absolute atomic E-state index is 0.000714. The first-order valence-electron chi connectivity index (χ1n) is 6.36. The molecule has 98 valence electrons. The van der Waals surface area contributed by atoms with Gasteiger partial charge in [0.05, 0.1) is 5.92 Å². The fourth-order valence-electron chi connectivity index (χ4n) is 2.71. The number of likely N-dealkylation sites (tertiary alicyclic amines) is 1. The summed E-state index contributed by atoms with van der Waals surface area (Å²) < 4.78 is 26.5. The van der Waals surface area contributed by atoms with Crippen LogP contribution in [-0.2, 0) is 4.79 Å². The van der Waals surface area contributed by atoms with Crippen molar-refractivity contribution >= 4 is 5.91 Å². The Balaban J connectivity index is 1.94. The average molecular weight is 246 g/mol. The van der Waals surface area contributed by atoms with E-state index in [-0.39, 0.29) is 18.4 Å². The van der Waals surface area contributed by atoms with Gasteiger partial charge in [-0.15, -0.1) is 0 Å². The van der Waals surface area contributed by atoms with Crippen LogP contribution in [0.15, 0.2) is 0 Å². The van der Waals surface area contributed by atoms with Gasteiger partial charge in [0.1, 0.15) is 0 Å². The molecule has 0 aromatic carbocycles. The van der Waals surface area contributed by atoms with Crippen LogP contribution in [0.2, 0.25) is 0 Å². The number of hydrogen-bond acceptors (Lipinski definition) is 2. The van der Waals surface area contributed by atoms with Crippen LogP contribution in [-0.4, -0.2) is 42.9 Å². The van der Waals surface area contributed by atoms with Gasteiger partial charge in [-0.25, -0.2) is 8.78 Å². The first kappa shape index (κ1) is 12.7. The zero-order valence-electron chi connectivity index (χ0n) is 10.2. The number of nitrogens with one attached hydrogen (secondary N) is 1. The number of halogens is 2. The molecule has 2 unspecified atom stereocenters. The third-order valence-corrected chi connectivity index (χ3v) is 3.86. The normalized spacial score (nSPS) is 30.6. The Morgan fingerprint density at radius 3 is 2.76 bits per heavy atom. The summed E-state index contributed by atoms with van der Waals surface area (Å²) in [5.74, 6) is -3.29. The van der Waals surface area contributed by atoms with Crippen LogP contribution in [0.4, 0.5) is 8.78 Å². The lowest BCUT2D eigenvalue weighted by molar-refractivity contribution is -0.140. The van der Waals surface area contributed by atoms with Crippen molar-refractivity contribution in [3.05, 3.63) is 0 Å². The number of carbonyl (C=O) groups is 1. The Labute approximate surface area is 101 Å². The lowest BCUT2D eigenvalue weighted by Crippen LogP contribution is -2.47. The summed E-state index contributed by atoms with van der Waals surface area (Å²) in [6.07, 6.45) is 2.05. The van der Waals surface area contributed by atoms with E-state index in [4.69, 9.17) is 0 Å². The molecule has 2 aliphatic rings. The molecular formula is C12H20F2N2O. The molecule has 0 spiro atoms. The van der Waals surface area contributed by atoms with Crippen LogP contribution >= 0.6 is 0 Å². The maximum Gasteiger partial charge on any atom is 0.249 e. The van der Waals surface area contributed by atoms with Crippen LogP contribution in [0.5, 0.6) is 0 Å². The monoisotopic (exact) mass is 246 g/mol. The van der Waals surface area contributed by atoms with Gasteiger partial charge in [0, 0.05) is 25.6 Å². The van der Waals surface area contributed by atoms with Gasteiger partial charge in [0.15, 0.2) is 0 Å². The molecular weight excluding hydrogens is 226 g/mol. The molecule has 2 rings (SSSR count). The SMILES string of the molecule is CC(F)(F)C1CCCN(C(=O)C2CCNC2)C1. The predicted molar refractivity (Wildman–Crippen MR) is 60.9 cm³/mol. The first-order valence-corrected chi connectivity index (χ1v) is 6.36. The molecule has 0 bridgehead atoms. The minimum Gasteiger partial charge on any atom is -0.342 e. The number of alkyl halides is 2. The van der Waals surface area contributed by atoms with Crippen molar-refractivity contribution in [1.29, 1.82) is 0 Å². The quantitative estimate of drug-likeness (QED) is 0.800. The van der Waals surface area contributed by atoms with Gasteiger partial charge in [0.25, 0.3) is 0 Å². The second-order valence-corrected chi connectivity index (χ2v) is 5.27. The highest BCUT2D eigenvalue weighted by Gasteiger charge is 2.39. The standard InChI is InChI=1S/C12H20F2N2O/c1-12(13,14)10-3-2-6-16(8-10)11(17)9-4-5-15-7-9/h9-10,15H,2-8H2,1H3. The van der Waals surface area contributed by atoms with Gasteiger partial charge < -0.3 is 10.2 Å². The second-order valence-electron chi connectivity index (χ2n) is 5.27. The summed E-state index contributed by atoms with van der Waals surface area (Å²) in [6, 6.07) is 0. The molecule has 2 aliphatic heterocycles. The highest BCUT2D eigenvalue weighted by molar-refractivity contribution is 5.79. The molecule has 2 fully saturated rings. The highest BCUT2D eigenvalue weighted by atomic mass is 19.3. The summed E-state index contributed by atoms with van der Waals surface area (Å²) >= 11 is 0. The average Bonchev–Trinajstić information content (AvgIpc) is 2.80. The van der Waals surface area contributed by atoms with Crippen molar-refractivity contribution in [2.24, 2.45) is 11.8 Å². The molecule has 3 nitrogen and oxygen atoms in total. The van der Waals surface area contributed by atoms with Crippen LogP contribution in [0.1, 0.15) is 26.2 Å². The summed E-state index contributed by atoms with van der Waals surface area (Å²) in [5, 5.41) is 3.14. The van der Waals surface area contributed by atoms with Gasteiger partial charge in [-0.2, -0.15) is 0 Å². The van der Waals surface area contributed by atoms with E-state index in [0.29, 0.717) is 25.9 Å². The molecule has 5 heteroatoms. The van der Waals surface area contributed by atoms with E-state index in [1.165, 1.54) is 0 Å². The van der Waals surface area contributed by atoms with Gasteiger partial charge in [-0.3, -0.25) is 4.79 Å². The maximum atomic E-state index is 13.3. The Morgan fingerprint density at radius 1 is 1.41 bits per heavy atom. The number of amides is 1. The maximum absolute atomic E-state index is 13.3. The third-order valence-electron chi connectivity index (χ3n) is 3.86. The van der Waals surface area contributed by atoms with E-state index in [1.54, 1.807) is 4.90 Å². The van der Waals surface area contributed by atoms with Gasteiger partial charge in [-0.1, -0.05) is 0 Å². The third kappa shape index (κ3) is 2.94. The van der Waals surface area contributed by atoms with Crippen LogP contribution < -0.4 is 5.32 Å². The van der Waals surface area contributed by atoms with Crippen molar-refractivity contribution in [3.8, 4) is 0 Å². The van der Waals surface area contributed by atoms with Gasteiger partial charge in [0.2, 0.25) is 11.8 Å². The minimum atomic E-state index is -2.67. The van der Waals surface area contributed by atoms with E-state index >= 15 is 0 Å². The molecule has 2 saturated heterocycles. The number of piperidine rings is 1. The molecule has 2 heterocycles. The molecule has 1 N–H and O–H groups in total. The van der Waals surface area contributed by atoms with E-state index in [0.717, 1.165) is 19.9 Å². The molecule has 1 amide bonds. The van der Waals surface area contributed by atoms with Crippen molar-refractivity contribution in [1.82, 2.24) is 10.2 Å². The topological polar surface area (TPSA) is 32.3 Å². The van der Waals surface area contributed by atoms with Crippen molar-refractivity contribution < 1.29 is 13.6 Å². The lowest BCUT2D eigenvalue weighted by atomic mass is 9.91. The molecule has 0 aliphatic carbocycles. The van der Waals surface area contributed by atoms with Crippen molar-refractivity contribution in [3.63, 3.8) is 0 Å².